The van der Waals surface area contributed by atoms with Gasteiger partial charge in [-0.25, -0.2) is 4.79 Å². The lowest BCUT2D eigenvalue weighted by Gasteiger charge is -2.14. The molecule has 0 fully saturated rings. The maximum Gasteiger partial charge on any atom is 0.337 e. The smallest absolute Gasteiger partial charge is 0.337 e. The van der Waals surface area contributed by atoms with Gasteiger partial charge in [-0.3, -0.25) is 4.79 Å². The third-order valence-corrected chi connectivity index (χ3v) is 4.89. The van der Waals surface area contributed by atoms with Crippen LogP contribution in [0.15, 0.2) is 42.6 Å². The summed E-state index contributed by atoms with van der Waals surface area (Å²) in [6.45, 7) is 1.77. The van der Waals surface area contributed by atoms with Crippen LogP contribution < -0.4 is 9.47 Å². The van der Waals surface area contributed by atoms with Gasteiger partial charge in [0.05, 0.1) is 18.6 Å². The number of fused-ring (bicyclic) bond motifs is 2. The van der Waals surface area contributed by atoms with Gasteiger partial charge < -0.3 is 18.8 Å². The molecular weight excluding hydrogens is 346 g/mol. The van der Waals surface area contributed by atoms with Gasteiger partial charge in [0.2, 0.25) is 6.79 Å². The number of rotatable bonds is 4. The van der Waals surface area contributed by atoms with Gasteiger partial charge in [0, 0.05) is 24.1 Å². The molecular formula is C21H19NO5. The van der Waals surface area contributed by atoms with Crippen LogP contribution in [0.4, 0.5) is 0 Å². The van der Waals surface area contributed by atoms with E-state index in [0.29, 0.717) is 17.1 Å². The van der Waals surface area contributed by atoms with Gasteiger partial charge in [0.25, 0.3) is 0 Å². The fourth-order valence-electron chi connectivity index (χ4n) is 3.62. The van der Waals surface area contributed by atoms with E-state index in [2.05, 4.69) is 0 Å². The quantitative estimate of drug-likeness (QED) is 0.663. The van der Waals surface area contributed by atoms with Crippen LogP contribution in [-0.4, -0.2) is 30.2 Å². The minimum Gasteiger partial charge on any atom is -0.465 e. The Labute approximate surface area is 156 Å². The lowest BCUT2D eigenvalue weighted by molar-refractivity contribution is -0.117. The number of carbonyl (C=O) groups is 2. The number of aryl methyl sites for hydroxylation is 1. The molecule has 0 saturated heterocycles. The maximum absolute atomic E-state index is 12.6. The van der Waals surface area contributed by atoms with Crippen molar-refractivity contribution in [2.24, 2.45) is 7.05 Å². The second-order valence-corrected chi connectivity index (χ2v) is 6.58. The molecule has 0 N–H and O–H groups in total. The average molecular weight is 365 g/mol. The molecule has 0 amide bonds. The van der Waals surface area contributed by atoms with E-state index in [1.807, 2.05) is 42.1 Å². The van der Waals surface area contributed by atoms with Gasteiger partial charge in [-0.05, 0) is 42.3 Å². The molecule has 1 aromatic heterocycles. The van der Waals surface area contributed by atoms with Crippen LogP contribution in [0.25, 0.3) is 10.9 Å². The molecule has 2 heterocycles. The van der Waals surface area contributed by atoms with Crippen molar-refractivity contribution in [3.8, 4) is 11.5 Å². The van der Waals surface area contributed by atoms with Crippen LogP contribution in [-0.2, 0) is 16.6 Å². The molecule has 6 nitrogen and oxygen atoms in total. The van der Waals surface area contributed by atoms with Crippen LogP contribution >= 0.6 is 0 Å². The van der Waals surface area contributed by atoms with E-state index < -0.39 is 11.9 Å². The Morgan fingerprint density at radius 2 is 1.89 bits per heavy atom. The molecule has 0 bridgehead atoms. The van der Waals surface area contributed by atoms with Gasteiger partial charge in [0.1, 0.15) is 5.78 Å². The Bertz CT molecular complexity index is 1070. The van der Waals surface area contributed by atoms with Crippen molar-refractivity contribution in [3.63, 3.8) is 0 Å². The first kappa shape index (κ1) is 17.1. The summed E-state index contributed by atoms with van der Waals surface area (Å²) in [5.41, 5.74) is 3.06. The number of benzene rings is 2. The molecule has 4 rings (SSSR count). The molecule has 0 radical (unpaired) electrons. The van der Waals surface area contributed by atoms with E-state index >= 15 is 0 Å². The maximum atomic E-state index is 12.6. The largest absolute Gasteiger partial charge is 0.465 e. The van der Waals surface area contributed by atoms with Crippen LogP contribution in [0, 0.1) is 0 Å². The lowest BCUT2D eigenvalue weighted by atomic mass is 9.87. The average Bonchev–Trinajstić information content (AvgIpc) is 3.25. The minimum atomic E-state index is -0.438. The van der Waals surface area contributed by atoms with Gasteiger partial charge in [0.15, 0.2) is 11.5 Å². The second kappa shape index (κ2) is 6.46. The van der Waals surface area contributed by atoms with Crippen LogP contribution in [0.1, 0.15) is 34.3 Å². The number of aromatic nitrogens is 1. The fraction of sp³-hybridized carbons (Fsp3) is 0.238. The van der Waals surface area contributed by atoms with Crippen molar-refractivity contribution < 1.29 is 23.8 Å². The van der Waals surface area contributed by atoms with Crippen LogP contribution in [0.2, 0.25) is 0 Å². The first-order chi connectivity index (χ1) is 13.0. The van der Waals surface area contributed by atoms with E-state index in [9.17, 15) is 9.59 Å². The molecule has 27 heavy (non-hydrogen) atoms. The summed E-state index contributed by atoms with van der Waals surface area (Å²) in [5, 5.41) is 0.919. The first-order valence-corrected chi connectivity index (χ1v) is 8.57. The van der Waals surface area contributed by atoms with Gasteiger partial charge in [-0.15, -0.1) is 0 Å². The van der Waals surface area contributed by atoms with Crippen molar-refractivity contribution in [2.75, 3.05) is 13.9 Å². The third kappa shape index (κ3) is 2.83. The van der Waals surface area contributed by atoms with E-state index in [0.717, 1.165) is 22.0 Å². The Kier molecular flexibility index (Phi) is 4.11. The summed E-state index contributed by atoms with van der Waals surface area (Å²) < 4.78 is 17.5. The molecule has 138 valence electrons. The van der Waals surface area contributed by atoms with Crippen molar-refractivity contribution in [1.29, 1.82) is 0 Å². The molecule has 2 aromatic carbocycles. The van der Waals surface area contributed by atoms with E-state index in [1.54, 1.807) is 19.1 Å². The van der Waals surface area contributed by atoms with E-state index in [1.165, 1.54) is 7.11 Å². The summed E-state index contributed by atoms with van der Waals surface area (Å²) in [5.74, 6) is 0.526. The Hall–Kier alpha value is -3.28. The Morgan fingerprint density at radius 1 is 1.11 bits per heavy atom. The zero-order valence-electron chi connectivity index (χ0n) is 15.3. The van der Waals surface area contributed by atoms with Crippen molar-refractivity contribution in [3.05, 3.63) is 59.3 Å². The molecule has 0 saturated carbocycles. The third-order valence-electron chi connectivity index (χ3n) is 4.89. The number of hydrogen-bond donors (Lipinski definition) is 0. The molecule has 1 atom stereocenters. The number of esters is 1. The molecule has 3 aromatic rings. The number of Topliss-reactive ketones (excluding diaryl/α,β-unsaturated/α-hetero) is 1. The van der Waals surface area contributed by atoms with Crippen LogP contribution in [0.3, 0.4) is 0 Å². The highest BCUT2D eigenvalue weighted by atomic mass is 16.7. The summed E-state index contributed by atoms with van der Waals surface area (Å²) in [4.78, 5) is 24.4. The number of carbonyl (C=O) groups excluding carboxylic acids is 2. The highest BCUT2D eigenvalue weighted by molar-refractivity contribution is 5.98. The minimum absolute atomic E-state index is 0.0263. The highest BCUT2D eigenvalue weighted by Gasteiger charge is 2.26. The number of ketones is 1. The van der Waals surface area contributed by atoms with Gasteiger partial charge in [-0.1, -0.05) is 12.1 Å². The lowest BCUT2D eigenvalue weighted by Crippen LogP contribution is -2.10. The normalized spacial score (nSPS) is 13.6. The summed E-state index contributed by atoms with van der Waals surface area (Å²) in [6, 6.07) is 10.9. The topological polar surface area (TPSA) is 66.8 Å². The Balaban J connectivity index is 1.85. The highest BCUT2D eigenvalue weighted by Crippen LogP contribution is 2.39. The van der Waals surface area contributed by atoms with Crippen molar-refractivity contribution in [1.82, 2.24) is 4.57 Å². The monoisotopic (exact) mass is 365 g/mol. The summed E-state index contributed by atoms with van der Waals surface area (Å²) in [7, 11) is 3.25. The van der Waals surface area contributed by atoms with Gasteiger partial charge in [-0.2, -0.15) is 0 Å². The van der Waals surface area contributed by atoms with E-state index in [-0.39, 0.29) is 12.6 Å². The molecule has 1 aliphatic rings. The number of nitrogens with zero attached hydrogens (tertiary/aromatic N) is 1. The number of ether oxygens (including phenoxy) is 3. The first-order valence-electron chi connectivity index (χ1n) is 8.57. The molecule has 1 aliphatic heterocycles. The summed E-state index contributed by atoms with van der Waals surface area (Å²) >= 11 is 0. The van der Waals surface area contributed by atoms with Gasteiger partial charge >= 0.3 is 5.97 Å². The zero-order valence-corrected chi connectivity index (χ0v) is 15.3. The number of methoxy groups -OCH3 is 1. The molecule has 0 aliphatic carbocycles. The van der Waals surface area contributed by atoms with Crippen molar-refractivity contribution >= 4 is 22.7 Å². The second-order valence-electron chi connectivity index (χ2n) is 6.58. The van der Waals surface area contributed by atoms with E-state index in [4.69, 9.17) is 14.2 Å². The number of hydrogen-bond acceptors (Lipinski definition) is 5. The predicted molar refractivity (Wildman–Crippen MR) is 99.3 cm³/mol. The predicted octanol–water partition coefficient (Wildman–Crippen LogP) is 3.41. The van der Waals surface area contributed by atoms with Crippen LogP contribution in [0.5, 0.6) is 11.5 Å². The molecule has 0 spiro atoms. The molecule has 6 heteroatoms. The van der Waals surface area contributed by atoms with Crippen molar-refractivity contribution in [2.45, 2.75) is 12.8 Å². The Morgan fingerprint density at radius 3 is 2.63 bits per heavy atom. The summed E-state index contributed by atoms with van der Waals surface area (Å²) in [6.07, 6.45) is 1.93. The fourth-order valence-corrected chi connectivity index (χ4v) is 3.62. The SMILES string of the molecule is COC(=O)c1ccc2c(C(C(C)=O)c3ccc4c(c3)OCO4)cn(C)c2c1. The zero-order chi connectivity index (χ0) is 19.1. The standard InChI is InChI=1S/C21H19NO5/c1-12(23)20(13-5-7-18-19(9-13)27-11-26-18)16-10-22(2)17-8-14(21(24)25-3)4-6-15(16)17/h4-10,20H,11H2,1-3H3. The molecule has 1 unspecified atom stereocenters.